The third-order valence-corrected chi connectivity index (χ3v) is 5.75. The zero-order valence-corrected chi connectivity index (χ0v) is 13.2. The fraction of sp³-hybridized carbons (Fsp3) is 0.667. The van der Waals surface area contributed by atoms with E-state index in [0.29, 0.717) is 18.1 Å². The van der Waals surface area contributed by atoms with Crippen molar-refractivity contribution in [2.75, 3.05) is 37.7 Å². The van der Waals surface area contributed by atoms with Gasteiger partial charge in [-0.25, -0.2) is 13.1 Å². The van der Waals surface area contributed by atoms with Crippen LogP contribution >= 0.6 is 11.8 Å². The summed E-state index contributed by atoms with van der Waals surface area (Å²) in [5, 5.41) is 0. The Morgan fingerprint density at radius 3 is 2.75 bits per heavy atom. The maximum atomic E-state index is 12.2. The molecule has 20 heavy (non-hydrogen) atoms. The first-order valence-corrected chi connectivity index (χ1v) is 9.26. The molecular formula is C12H21N3O3S2. The second kappa shape index (κ2) is 6.95. The van der Waals surface area contributed by atoms with Gasteiger partial charge < -0.3 is 15.1 Å². The van der Waals surface area contributed by atoms with Crippen molar-refractivity contribution in [3.05, 3.63) is 17.6 Å². The average molecular weight is 319 g/mol. The van der Waals surface area contributed by atoms with Crippen LogP contribution in [-0.4, -0.2) is 51.0 Å². The minimum absolute atomic E-state index is 0.187. The molecule has 1 fully saturated rings. The lowest BCUT2D eigenvalue weighted by molar-refractivity contribution is 0.307. The number of hydrogen-bond acceptors (Lipinski definition) is 6. The van der Waals surface area contributed by atoms with Crippen LogP contribution in [0.2, 0.25) is 0 Å². The maximum absolute atomic E-state index is 12.2. The molecule has 0 aliphatic carbocycles. The molecule has 1 aromatic rings. The van der Waals surface area contributed by atoms with E-state index in [2.05, 4.69) is 9.62 Å². The van der Waals surface area contributed by atoms with Gasteiger partial charge in [-0.1, -0.05) is 0 Å². The number of aryl methyl sites for hydroxylation is 1. The Kier molecular flexibility index (Phi) is 5.50. The Labute approximate surface area is 124 Å². The van der Waals surface area contributed by atoms with E-state index in [0.717, 1.165) is 31.1 Å². The Morgan fingerprint density at radius 2 is 2.15 bits per heavy atom. The molecular weight excluding hydrogens is 298 g/mol. The number of sulfonamides is 1. The molecule has 8 heteroatoms. The minimum atomic E-state index is -3.51. The Hall–Kier alpha value is -0.540. The van der Waals surface area contributed by atoms with Crippen LogP contribution < -0.4 is 10.5 Å². The maximum Gasteiger partial charge on any atom is 0.244 e. The molecule has 0 aromatic carbocycles. The summed E-state index contributed by atoms with van der Waals surface area (Å²) < 4.78 is 32.3. The lowest BCUT2D eigenvalue weighted by atomic mass is 10.4. The van der Waals surface area contributed by atoms with Crippen LogP contribution in [0.3, 0.4) is 0 Å². The van der Waals surface area contributed by atoms with Gasteiger partial charge in [0, 0.05) is 43.8 Å². The van der Waals surface area contributed by atoms with Crippen molar-refractivity contribution in [1.82, 2.24) is 9.62 Å². The van der Waals surface area contributed by atoms with E-state index in [-0.39, 0.29) is 11.4 Å². The van der Waals surface area contributed by atoms with E-state index in [9.17, 15) is 8.42 Å². The van der Waals surface area contributed by atoms with Gasteiger partial charge in [-0.3, -0.25) is 0 Å². The molecule has 114 valence electrons. The number of thioether (sulfide) groups is 1. The van der Waals surface area contributed by atoms with Crippen LogP contribution in [0.15, 0.2) is 15.4 Å². The smallest absolute Gasteiger partial charge is 0.244 e. The largest absolute Gasteiger partial charge is 0.464 e. The van der Waals surface area contributed by atoms with Gasteiger partial charge in [-0.2, -0.15) is 11.8 Å². The van der Waals surface area contributed by atoms with Crippen molar-refractivity contribution >= 4 is 21.8 Å². The molecule has 1 aliphatic heterocycles. The van der Waals surface area contributed by atoms with E-state index < -0.39 is 10.0 Å². The van der Waals surface area contributed by atoms with Gasteiger partial charge >= 0.3 is 0 Å². The summed E-state index contributed by atoms with van der Waals surface area (Å²) in [7, 11) is -3.51. The molecule has 1 saturated heterocycles. The van der Waals surface area contributed by atoms with Gasteiger partial charge in [-0.15, -0.1) is 0 Å². The number of nitrogens with one attached hydrogen (secondary N) is 1. The highest BCUT2D eigenvalue weighted by atomic mass is 32.2. The van der Waals surface area contributed by atoms with Gasteiger partial charge in [0.25, 0.3) is 0 Å². The molecule has 0 amide bonds. The molecule has 2 rings (SSSR count). The van der Waals surface area contributed by atoms with Crippen molar-refractivity contribution in [2.45, 2.75) is 18.4 Å². The molecule has 6 nitrogen and oxygen atoms in total. The second-order valence-electron chi connectivity index (χ2n) is 4.69. The van der Waals surface area contributed by atoms with Crippen molar-refractivity contribution in [2.24, 2.45) is 5.73 Å². The molecule has 3 N–H and O–H groups in total. The quantitative estimate of drug-likeness (QED) is 0.788. The first-order valence-electron chi connectivity index (χ1n) is 6.62. The molecule has 1 aromatic heterocycles. The predicted molar refractivity (Wildman–Crippen MR) is 80.3 cm³/mol. The van der Waals surface area contributed by atoms with Crippen LogP contribution in [0.1, 0.15) is 11.5 Å². The summed E-state index contributed by atoms with van der Waals surface area (Å²) in [6, 6.07) is 1.50. The lowest BCUT2D eigenvalue weighted by Gasteiger charge is -2.25. The first-order chi connectivity index (χ1) is 9.53. The van der Waals surface area contributed by atoms with Crippen molar-refractivity contribution in [3.63, 3.8) is 0 Å². The van der Waals surface area contributed by atoms with E-state index in [4.69, 9.17) is 10.2 Å². The fourth-order valence-corrected chi connectivity index (χ4v) is 4.33. The third-order valence-electron chi connectivity index (χ3n) is 3.24. The Balaban J connectivity index is 1.91. The number of furan rings is 1. The van der Waals surface area contributed by atoms with Gasteiger partial charge in [0.2, 0.25) is 10.0 Å². The molecule has 1 aliphatic rings. The molecule has 0 atom stereocenters. The molecule has 0 unspecified atom stereocenters. The van der Waals surface area contributed by atoms with Gasteiger partial charge in [0.15, 0.2) is 0 Å². The number of rotatable bonds is 6. The van der Waals surface area contributed by atoms with Crippen LogP contribution in [0.4, 0.5) is 0 Å². The highest BCUT2D eigenvalue weighted by molar-refractivity contribution is 7.99. The highest BCUT2D eigenvalue weighted by Gasteiger charge is 2.21. The van der Waals surface area contributed by atoms with Crippen molar-refractivity contribution in [3.8, 4) is 0 Å². The standard InChI is InChI=1S/C12H21N3O3S2/c1-10-12(8-11(9-13)18-10)20(16,17)14-2-3-15-4-6-19-7-5-15/h8,14H,2-7,9,13H2,1H3. The second-order valence-corrected chi connectivity index (χ2v) is 7.65. The van der Waals surface area contributed by atoms with E-state index >= 15 is 0 Å². The third kappa shape index (κ3) is 3.98. The average Bonchev–Trinajstić information content (AvgIpc) is 2.82. The van der Waals surface area contributed by atoms with Gasteiger partial charge in [0.1, 0.15) is 16.4 Å². The van der Waals surface area contributed by atoms with Gasteiger partial charge in [0.05, 0.1) is 6.54 Å². The Morgan fingerprint density at radius 1 is 1.45 bits per heavy atom. The predicted octanol–water partition coefficient (Wildman–Crippen LogP) is 0.374. The summed E-state index contributed by atoms with van der Waals surface area (Å²) in [6.45, 7) is 5.02. The molecule has 2 heterocycles. The number of hydrogen-bond donors (Lipinski definition) is 2. The zero-order chi connectivity index (χ0) is 14.6. The van der Waals surface area contributed by atoms with E-state index in [1.165, 1.54) is 6.07 Å². The van der Waals surface area contributed by atoms with Gasteiger partial charge in [-0.05, 0) is 6.92 Å². The summed E-state index contributed by atoms with van der Waals surface area (Å²) in [4.78, 5) is 2.46. The van der Waals surface area contributed by atoms with Crippen LogP contribution in [0, 0.1) is 6.92 Å². The summed E-state index contributed by atoms with van der Waals surface area (Å²) in [6.07, 6.45) is 0. The monoisotopic (exact) mass is 319 g/mol. The van der Waals surface area contributed by atoms with Crippen LogP contribution in [-0.2, 0) is 16.6 Å². The van der Waals surface area contributed by atoms with Crippen LogP contribution in [0.5, 0.6) is 0 Å². The zero-order valence-electron chi connectivity index (χ0n) is 11.6. The summed E-state index contributed by atoms with van der Waals surface area (Å²) >= 11 is 1.94. The topological polar surface area (TPSA) is 88.6 Å². The lowest BCUT2D eigenvalue weighted by Crippen LogP contribution is -2.39. The molecule has 0 bridgehead atoms. The SMILES string of the molecule is Cc1oc(CN)cc1S(=O)(=O)NCCN1CCSCC1. The fourth-order valence-electron chi connectivity index (χ4n) is 2.13. The van der Waals surface area contributed by atoms with Crippen molar-refractivity contribution < 1.29 is 12.8 Å². The number of nitrogens with zero attached hydrogens (tertiary/aromatic N) is 1. The van der Waals surface area contributed by atoms with Crippen molar-refractivity contribution in [1.29, 1.82) is 0 Å². The number of nitrogens with two attached hydrogens (primary N) is 1. The normalized spacial score (nSPS) is 17.5. The minimum Gasteiger partial charge on any atom is -0.464 e. The molecule has 0 saturated carbocycles. The molecule has 0 spiro atoms. The first kappa shape index (κ1) is 15.8. The molecule has 0 radical (unpaired) electrons. The Bertz CT molecular complexity index is 536. The van der Waals surface area contributed by atoms with E-state index in [1.807, 2.05) is 11.8 Å². The summed E-state index contributed by atoms with van der Waals surface area (Å²) in [5.74, 6) is 3.10. The van der Waals surface area contributed by atoms with Crippen LogP contribution in [0.25, 0.3) is 0 Å². The highest BCUT2D eigenvalue weighted by Crippen LogP contribution is 2.19. The summed E-state index contributed by atoms with van der Waals surface area (Å²) in [5.41, 5.74) is 5.46. The van der Waals surface area contributed by atoms with E-state index in [1.54, 1.807) is 6.92 Å².